The first kappa shape index (κ1) is 37.4. The maximum absolute atomic E-state index is 14.0. The van der Waals surface area contributed by atoms with E-state index in [-0.39, 0.29) is 29.7 Å². The molecule has 7 nitrogen and oxygen atoms in total. The number of unbranched alkanes of at least 4 members (excludes halogenated alkanes) is 5. The summed E-state index contributed by atoms with van der Waals surface area (Å²) in [5.41, 5.74) is 0.440. The van der Waals surface area contributed by atoms with E-state index in [0.29, 0.717) is 12.2 Å². The number of likely N-dealkylation sites (N-methyl/N-ethyl adjacent to an activating group) is 2. The first-order chi connectivity index (χ1) is 19.6. The molecule has 0 spiro atoms. The van der Waals surface area contributed by atoms with Crippen molar-refractivity contribution in [2.24, 2.45) is 11.3 Å². The van der Waals surface area contributed by atoms with Crippen LogP contribution in [0.3, 0.4) is 0 Å². The first-order valence-electron chi connectivity index (χ1n) is 15.7. The first-order valence-corrected chi connectivity index (χ1v) is 15.7. The van der Waals surface area contributed by atoms with Crippen LogP contribution in [0.1, 0.15) is 106 Å². The van der Waals surface area contributed by atoms with Gasteiger partial charge in [0.15, 0.2) is 0 Å². The number of esters is 1. The Bertz CT molecular complexity index is 1010. The van der Waals surface area contributed by atoms with Crippen LogP contribution in [0.25, 0.3) is 0 Å². The Labute approximate surface area is 256 Å². The highest BCUT2D eigenvalue weighted by Crippen LogP contribution is 2.29. The predicted octanol–water partition coefficient (Wildman–Crippen LogP) is 6.42. The fourth-order valence-corrected chi connectivity index (χ4v) is 5.32. The van der Waals surface area contributed by atoms with Gasteiger partial charge in [-0.1, -0.05) is 124 Å². The van der Waals surface area contributed by atoms with Gasteiger partial charge in [0.25, 0.3) is 0 Å². The summed E-state index contributed by atoms with van der Waals surface area (Å²) in [6, 6.07) is 8.22. The van der Waals surface area contributed by atoms with E-state index >= 15 is 0 Å². The number of hydrogen-bond acceptors (Lipinski definition) is 5. The summed E-state index contributed by atoms with van der Waals surface area (Å²) in [7, 11) is 3.51. The minimum absolute atomic E-state index is 0.0404. The van der Waals surface area contributed by atoms with Crippen LogP contribution in [0.5, 0.6) is 0 Å². The zero-order valence-electron chi connectivity index (χ0n) is 28.3. The molecular formula is C35H59N3O4. The molecule has 3 atom stereocenters. The molecule has 0 saturated heterocycles. The van der Waals surface area contributed by atoms with Crippen molar-refractivity contribution in [2.45, 2.75) is 124 Å². The predicted molar refractivity (Wildman–Crippen MR) is 173 cm³/mol. The zero-order chi connectivity index (χ0) is 32.1. The Hall–Kier alpha value is -2.67. The normalized spacial score (nSPS) is 14.7. The fraction of sp³-hybridized carbons (Fsp3) is 0.686. The third-order valence-corrected chi connectivity index (χ3v) is 8.14. The average Bonchev–Trinajstić information content (AvgIpc) is 2.93. The van der Waals surface area contributed by atoms with Crippen molar-refractivity contribution >= 4 is 17.8 Å². The van der Waals surface area contributed by atoms with Crippen molar-refractivity contribution in [1.29, 1.82) is 0 Å². The topological polar surface area (TPSA) is 87.7 Å². The van der Waals surface area contributed by atoms with Crippen molar-refractivity contribution in [3.05, 3.63) is 47.5 Å². The van der Waals surface area contributed by atoms with Crippen LogP contribution >= 0.6 is 0 Å². The molecule has 7 heteroatoms. The van der Waals surface area contributed by atoms with Crippen molar-refractivity contribution in [3.63, 3.8) is 0 Å². The lowest BCUT2D eigenvalue weighted by molar-refractivity contribution is -0.141. The lowest BCUT2D eigenvalue weighted by Crippen LogP contribution is -2.61. The molecule has 0 unspecified atom stereocenters. The SMILES string of the molecule is CCCCCCCCOC(=O)C(C)=C[C@H](C(C)C)N(C)C(=O)[C@@H](NC(=O)[C@@H](NC)C(C)(C)c1ccccc1)C(C)(C)C. The molecular weight excluding hydrogens is 526 g/mol. The molecule has 42 heavy (non-hydrogen) atoms. The molecule has 0 heterocycles. The maximum Gasteiger partial charge on any atom is 0.333 e. The molecule has 2 N–H and O–H groups in total. The molecule has 0 aliphatic heterocycles. The quantitative estimate of drug-likeness (QED) is 0.125. The highest BCUT2D eigenvalue weighted by molar-refractivity contribution is 5.92. The number of nitrogens with one attached hydrogen (secondary N) is 2. The summed E-state index contributed by atoms with van der Waals surface area (Å²) >= 11 is 0. The number of amides is 2. The van der Waals surface area contributed by atoms with Crippen LogP contribution in [-0.2, 0) is 24.5 Å². The molecule has 0 aliphatic rings. The van der Waals surface area contributed by atoms with Crippen LogP contribution in [0.15, 0.2) is 42.0 Å². The van der Waals surface area contributed by atoms with Crippen LogP contribution in [0.2, 0.25) is 0 Å². The van der Waals surface area contributed by atoms with Gasteiger partial charge < -0.3 is 20.3 Å². The Morgan fingerprint density at radius 2 is 1.50 bits per heavy atom. The molecule has 0 radical (unpaired) electrons. The second-order valence-corrected chi connectivity index (χ2v) is 13.6. The van der Waals surface area contributed by atoms with E-state index in [0.717, 1.165) is 24.8 Å². The molecule has 0 saturated carbocycles. The van der Waals surface area contributed by atoms with Gasteiger partial charge in [-0.15, -0.1) is 0 Å². The van der Waals surface area contributed by atoms with E-state index in [1.54, 1.807) is 25.9 Å². The number of ether oxygens (including phenoxy) is 1. The van der Waals surface area contributed by atoms with Crippen LogP contribution < -0.4 is 10.6 Å². The van der Waals surface area contributed by atoms with E-state index in [1.165, 1.54) is 19.3 Å². The monoisotopic (exact) mass is 585 g/mol. The Morgan fingerprint density at radius 3 is 2.02 bits per heavy atom. The summed E-state index contributed by atoms with van der Waals surface area (Å²) in [4.78, 5) is 42.1. The van der Waals surface area contributed by atoms with Gasteiger partial charge >= 0.3 is 5.97 Å². The van der Waals surface area contributed by atoms with Crippen molar-refractivity contribution in [2.75, 3.05) is 20.7 Å². The molecule has 0 aliphatic carbocycles. The smallest absolute Gasteiger partial charge is 0.333 e. The Kier molecular flexibility index (Phi) is 15.5. The summed E-state index contributed by atoms with van der Waals surface area (Å²) in [5, 5.41) is 6.26. The highest BCUT2D eigenvalue weighted by atomic mass is 16.5. The molecule has 0 fully saturated rings. The van der Waals surface area contributed by atoms with Crippen LogP contribution in [0, 0.1) is 11.3 Å². The Balaban J connectivity index is 3.06. The zero-order valence-corrected chi connectivity index (χ0v) is 28.3. The molecule has 0 aromatic heterocycles. The Morgan fingerprint density at radius 1 is 0.929 bits per heavy atom. The van der Waals surface area contributed by atoms with E-state index in [1.807, 2.05) is 84.9 Å². The number of nitrogens with zero attached hydrogens (tertiary/aromatic N) is 1. The lowest BCUT2D eigenvalue weighted by atomic mass is 9.76. The van der Waals surface area contributed by atoms with Crippen LogP contribution in [-0.4, -0.2) is 61.5 Å². The minimum atomic E-state index is -0.771. The van der Waals surface area contributed by atoms with E-state index < -0.39 is 22.9 Å². The second-order valence-electron chi connectivity index (χ2n) is 13.6. The number of benzene rings is 1. The maximum atomic E-state index is 14.0. The largest absolute Gasteiger partial charge is 0.462 e. The molecule has 238 valence electrons. The van der Waals surface area contributed by atoms with E-state index in [2.05, 4.69) is 17.6 Å². The number of carbonyl (C=O) groups excluding carboxylic acids is 3. The minimum Gasteiger partial charge on any atom is -0.462 e. The van der Waals surface area contributed by atoms with Gasteiger partial charge in [0.2, 0.25) is 11.8 Å². The lowest BCUT2D eigenvalue weighted by Gasteiger charge is -2.40. The summed E-state index contributed by atoms with van der Waals surface area (Å²) in [6.07, 6.45) is 8.56. The van der Waals surface area contributed by atoms with Gasteiger partial charge in [-0.25, -0.2) is 4.79 Å². The summed E-state index contributed by atoms with van der Waals surface area (Å²) in [6.45, 7) is 18.3. The van der Waals surface area contributed by atoms with Gasteiger partial charge in [0.1, 0.15) is 6.04 Å². The molecule has 1 aromatic rings. The van der Waals surface area contributed by atoms with Crippen LogP contribution in [0.4, 0.5) is 0 Å². The van der Waals surface area contributed by atoms with E-state index in [4.69, 9.17) is 4.74 Å². The fourth-order valence-electron chi connectivity index (χ4n) is 5.32. The number of carbonyl (C=O) groups is 3. The second kappa shape index (κ2) is 17.4. The molecule has 1 rings (SSSR count). The number of rotatable bonds is 17. The molecule has 1 aromatic carbocycles. The summed E-state index contributed by atoms with van der Waals surface area (Å²) in [5.74, 6) is -0.750. The van der Waals surface area contributed by atoms with E-state index in [9.17, 15) is 14.4 Å². The number of hydrogen-bond donors (Lipinski definition) is 2. The molecule has 2 amide bonds. The third-order valence-electron chi connectivity index (χ3n) is 8.14. The van der Waals surface area contributed by atoms with Gasteiger partial charge in [-0.3, -0.25) is 9.59 Å². The summed E-state index contributed by atoms with van der Waals surface area (Å²) < 4.78 is 5.52. The van der Waals surface area contributed by atoms with Gasteiger partial charge in [-0.05, 0) is 37.3 Å². The van der Waals surface area contributed by atoms with Crippen molar-refractivity contribution in [3.8, 4) is 0 Å². The van der Waals surface area contributed by atoms with Gasteiger partial charge in [0, 0.05) is 18.0 Å². The average molecular weight is 586 g/mol. The molecule has 0 bridgehead atoms. The van der Waals surface area contributed by atoms with Crippen molar-refractivity contribution < 1.29 is 19.1 Å². The standard InChI is InChI=1S/C35H59N3O4/c1-12-13-14-15-16-20-23-42-33(41)26(4)24-28(25(2)3)38(11)32(40)30(34(5,6)7)37-31(39)29(36-10)35(8,9)27-21-18-17-19-22-27/h17-19,21-22,24-25,28-30,36H,12-16,20,23H2,1-11H3,(H,37,39)/t28-,29-,30-/m1/s1. The van der Waals surface area contributed by atoms with Gasteiger partial charge in [0.05, 0.1) is 18.7 Å². The highest BCUT2D eigenvalue weighted by Gasteiger charge is 2.41. The van der Waals surface area contributed by atoms with Crippen molar-refractivity contribution in [1.82, 2.24) is 15.5 Å². The third kappa shape index (κ3) is 11.2. The van der Waals surface area contributed by atoms with Gasteiger partial charge in [-0.2, -0.15) is 0 Å².